The molecule has 57 heavy (non-hydrogen) atoms. The van der Waals surface area contributed by atoms with Crippen LogP contribution in [0.15, 0.2) is 84.9 Å². The van der Waals surface area contributed by atoms with Gasteiger partial charge in [-0.15, -0.1) is 0 Å². The molecule has 4 aromatic rings. The molecular weight excluding hydrogens is 709 g/mol. The Morgan fingerprint density at radius 3 is 1.56 bits per heavy atom. The fourth-order valence-electron chi connectivity index (χ4n) is 8.01. The summed E-state index contributed by atoms with van der Waals surface area (Å²) in [5.41, 5.74) is 12.9. The normalized spacial score (nSPS) is 12.7. The molecule has 0 unspecified atom stereocenters. The van der Waals surface area contributed by atoms with E-state index >= 15 is 0 Å². The highest BCUT2D eigenvalue weighted by atomic mass is 16.2. The van der Waals surface area contributed by atoms with Gasteiger partial charge in [0.2, 0.25) is 0 Å². The minimum absolute atomic E-state index is 0.257. The van der Waals surface area contributed by atoms with Gasteiger partial charge in [0.15, 0.2) is 0 Å². The van der Waals surface area contributed by atoms with Gasteiger partial charge in [-0.3, -0.25) is 30.0 Å². The molecule has 2 atom stereocenters. The second kappa shape index (κ2) is 18.8. The third kappa shape index (κ3) is 11.0. The Labute approximate surface area is 341 Å². The molecular formula is C49H64N4O4. The average molecular weight is 773 g/mol. The van der Waals surface area contributed by atoms with Gasteiger partial charge < -0.3 is 0 Å². The number of carbonyl (C=O) groups is 4. The lowest BCUT2D eigenvalue weighted by molar-refractivity contribution is 0.0233. The lowest BCUT2D eigenvalue weighted by Crippen LogP contribution is -2.57. The first-order valence-corrected chi connectivity index (χ1v) is 20.4. The van der Waals surface area contributed by atoms with E-state index in [0.29, 0.717) is 41.5 Å². The van der Waals surface area contributed by atoms with Crippen molar-refractivity contribution in [3.63, 3.8) is 0 Å². The Morgan fingerprint density at radius 1 is 0.561 bits per heavy atom. The maximum absolute atomic E-state index is 14.6. The molecule has 0 saturated carbocycles. The van der Waals surface area contributed by atoms with E-state index in [-0.39, 0.29) is 41.1 Å². The molecule has 304 valence electrons. The van der Waals surface area contributed by atoms with Crippen molar-refractivity contribution in [2.75, 3.05) is 0 Å². The number of amides is 4. The lowest BCUT2D eigenvalue weighted by Gasteiger charge is -2.43. The fraction of sp³-hybridized carbons (Fsp3) is 0.429. The molecule has 8 heteroatoms. The van der Waals surface area contributed by atoms with Crippen molar-refractivity contribution in [3.05, 3.63) is 141 Å². The van der Waals surface area contributed by atoms with Crippen molar-refractivity contribution < 1.29 is 19.2 Å². The molecule has 0 aromatic heterocycles. The van der Waals surface area contributed by atoms with Crippen LogP contribution in [0, 0.1) is 45.4 Å². The highest BCUT2D eigenvalue weighted by Gasteiger charge is 2.40. The summed E-state index contributed by atoms with van der Waals surface area (Å²) in [6, 6.07) is 25.3. The number of benzene rings is 4. The Bertz CT molecular complexity index is 2020. The minimum atomic E-state index is -0.529. The molecule has 0 bridgehead atoms. The van der Waals surface area contributed by atoms with Crippen molar-refractivity contribution in [2.45, 2.75) is 127 Å². The van der Waals surface area contributed by atoms with Crippen molar-refractivity contribution >= 4 is 23.6 Å². The Balaban J connectivity index is 1.75. The number of aryl methyl sites for hydroxylation is 5. The van der Waals surface area contributed by atoms with Gasteiger partial charge in [-0.2, -0.15) is 0 Å². The summed E-state index contributed by atoms with van der Waals surface area (Å²) >= 11 is 0. The maximum atomic E-state index is 14.6. The molecule has 0 saturated heterocycles. The van der Waals surface area contributed by atoms with E-state index in [4.69, 9.17) is 0 Å². The smallest absolute Gasteiger partial charge is 0.267 e. The summed E-state index contributed by atoms with van der Waals surface area (Å²) in [5.74, 6) is -1.20. The van der Waals surface area contributed by atoms with E-state index in [0.717, 1.165) is 46.2 Å². The van der Waals surface area contributed by atoms with Crippen molar-refractivity contribution in [2.24, 2.45) is 10.8 Å². The molecule has 0 heterocycles. The molecule has 2 N–H and O–H groups in total. The van der Waals surface area contributed by atoms with E-state index in [1.165, 1.54) is 0 Å². The standard InChI is InChI=1S/C49H64N4O4/c1-13-20-42(48(8,9)10)52(50-44(54)37-23-16-15-17-24-37)47(57)39-29-35(6)41(36(7)30-39)31-49(11,12)43(21-14-2)53(46(56)38-27-32(3)26-33(4)28-38)51-45(55)40-25-19-18-22-34(40)5/h15-19,22-30,42-43H,13-14,20-21,31H2,1-12H3,(H,50,54)(H,51,55)/t42-,43-/m1/s1. The maximum Gasteiger partial charge on any atom is 0.272 e. The summed E-state index contributed by atoms with van der Waals surface area (Å²) in [5, 5.41) is 3.12. The second-order valence-corrected chi connectivity index (χ2v) is 17.5. The van der Waals surface area contributed by atoms with E-state index in [2.05, 4.69) is 59.3 Å². The van der Waals surface area contributed by atoms with E-state index in [9.17, 15) is 19.2 Å². The number of hydrazine groups is 2. The van der Waals surface area contributed by atoms with Crippen LogP contribution < -0.4 is 10.9 Å². The zero-order valence-corrected chi connectivity index (χ0v) is 36.3. The summed E-state index contributed by atoms with van der Waals surface area (Å²) in [4.78, 5) is 56.7. The van der Waals surface area contributed by atoms with Crippen LogP contribution in [0.3, 0.4) is 0 Å². The van der Waals surface area contributed by atoms with Gasteiger partial charge in [0.1, 0.15) is 0 Å². The molecule has 0 fully saturated rings. The van der Waals surface area contributed by atoms with E-state index in [1.54, 1.807) is 28.2 Å². The third-order valence-corrected chi connectivity index (χ3v) is 11.0. The molecule has 0 spiro atoms. The number of carbonyl (C=O) groups excluding carboxylic acids is 4. The zero-order chi connectivity index (χ0) is 42.2. The Hall–Kier alpha value is -5.24. The number of rotatable bonds is 13. The molecule has 0 radical (unpaired) electrons. The first kappa shape index (κ1) is 44.5. The summed E-state index contributed by atoms with van der Waals surface area (Å²) in [6.07, 6.45) is 3.56. The monoisotopic (exact) mass is 772 g/mol. The summed E-state index contributed by atoms with van der Waals surface area (Å²) in [7, 11) is 0. The van der Waals surface area contributed by atoms with Crippen LogP contribution in [-0.4, -0.2) is 45.7 Å². The lowest BCUT2D eigenvalue weighted by atomic mass is 9.74. The predicted octanol–water partition coefficient (Wildman–Crippen LogP) is 10.5. The first-order valence-electron chi connectivity index (χ1n) is 20.4. The van der Waals surface area contributed by atoms with Gasteiger partial charge in [-0.25, -0.2) is 10.0 Å². The Kier molecular flexibility index (Phi) is 14.7. The van der Waals surface area contributed by atoms with E-state index < -0.39 is 5.41 Å². The summed E-state index contributed by atoms with van der Waals surface area (Å²) < 4.78 is 0. The van der Waals surface area contributed by atoms with E-state index in [1.807, 2.05) is 101 Å². The number of nitrogens with one attached hydrogen (secondary N) is 2. The quantitative estimate of drug-likeness (QED) is 0.132. The van der Waals surface area contributed by atoms with Gasteiger partial charge >= 0.3 is 0 Å². The van der Waals surface area contributed by atoms with Gasteiger partial charge in [0.25, 0.3) is 23.6 Å². The number of hydrogen-bond donors (Lipinski definition) is 2. The molecule has 4 rings (SSSR count). The zero-order valence-electron chi connectivity index (χ0n) is 36.3. The van der Waals surface area contributed by atoms with Crippen LogP contribution in [-0.2, 0) is 6.42 Å². The largest absolute Gasteiger partial charge is 0.272 e. The Morgan fingerprint density at radius 2 is 1.04 bits per heavy atom. The van der Waals surface area contributed by atoms with Crippen LogP contribution in [0.1, 0.15) is 149 Å². The van der Waals surface area contributed by atoms with Gasteiger partial charge in [0.05, 0.1) is 12.1 Å². The summed E-state index contributed by atoms with van der Waals surface area (Å²) in [6.45, 7) is 24.6. The topological polar surface area (TPSA) is 98.8 Å². The van der Waals surface area contributed by atoms with Crippen molar-refractivity contribution in [1.82, 2.24) is 20.9 Å². The fourth-order valence-corrected chi connectivity index (χ4v) is 8.01. The second-order valence-electron chi connectivity index (χ2n) is 17.5. The van der Waals surface area contributed by atoms with Crippen LogP contribution in [0.5, 0.6) is 0 Å². The average Bonchev–Trinajstić information content (AvgIpc) is 3.14. The highest BCUT2D eigenvalue weighted by molar-refractivity contribution is 6.01. The molecule has 0 aliphatic heterocycles. The minimum Gasteiger partial charge on any atom is -0.267 e. The number of hydrogen-bond acceptors (Lipinski definition) is 4. The molecule has 8 nitrogen and oxygen atoms in total. The van der Waals surface area contributed by atoms with Crippen LogP contribution in [0.2, 0.25) is 0 Å². The van der Waals surface area contributed by atoms with Gasteiger partial charge in [0, 0.05) is 22.3 Å². The molecule has 0 aliphatic carbocycles. The third-order valence-electron chi connectivity index (χ3n) is 11.0. The van der Waals surface area contributed by atoms with Crippen LogP contribution >= 0.6 is 0 Å². The van der Waals surface area contributed by atoms with Crippen LogP contribution in [0.4, 0.5) is 0 Å². The highest BCUT2D eigenvalue weighted by Crippen LogP contribution is 2.36. The SMILES string of the molecule is CCC[C@@H](N(NC(=O)c1ccccc1)C(=O)c1cc(C)c(CC(C)(C)[C@@H](CCC)N(NC(=O)c2ccccc2C)C(=O)c2cc(C)cc(C)c2)c(C)c1)C(C)(C)C. The van der Waals surface area contributed by atoms with Gasteiger partial charge in [-0.1, -0.05) is 115 Å². The molecule has 4 aromatic carbocycles. The molecule has 4 amide bonds. The first-order chi connectivity index (χ1) is 26.8. The molecule has 0 aliphatic rings. The predicted molar refractivity (Wildman–Crippen MR) is 231 cm³/mol. The van der Waals surface area contributed by atoms with Crippen LogP contribution in [0.25, 0.3) is 0 Å². The van der Waals surface area contributed by atoms with Gasteiger partial charge in [-0.05, 0) is 129 Å². The van der Waals surface area contributed by atoms with Crippen molar-refractivity contribution in [1.29, 1.82) is 0 Å². The number of nitrogens with zero attached hydrogens (tertiary/aromatic N) is 2. The van der Waals surface area contributed by atoms with Crippen molar-refractivity contribution in [3.8, 4) is 0 Å².